The van der Waals surface area contributed by atoms with Crippen LogP contribution in [0.4, 0.5) is 10.2 Å². The summed E-state index contributed by atoms with van der Waals surface area (Å²) in [5, 5.41) is 11.9. The molecular formula is C22H23FN8O2. The molecule has 0 amide bonds. The number of anilines is 1. The lowest BCUT2D eigenvalue weighted by Gasteiger charge is -2.28. The summed E-state index contributed by atoms with van der Waals surface area (Å²) < 4.78 is 24.3. The molecule has 0 atom stereocenters. The van der Waals surface area contributed by atoms with Crippen molar-refractivity contribution in [3.05, 3.63) is 54.0 Å². The molecule has 4 aromatic rings. The highest BCUT2D eigenvalue weighted by molar-refractivity contribution is 5.57. The highest BCUT2D eigenvalue weighted by atomic mass is 19.1. The Morgan fingerprint density at radius 3 is 2.70 bits per heavy atom. The highest BCUT2D eigenvalue weighted by Gasteiger charge is 2.18. The van der Waals surface area contributed by atoms with Gasteiger partial charge in [-0.25, -0.2) is 19.0 Å². The van der Waals surface area contributed by atoms with Crippen LogP contribution >= 0.6 is 0 Å². The van der Waals surface area contributed by atoms with Crippen molar-refractivity contribution in [2.45, 2.75) is 13.5 Å². The van der Waals surface area contributed by atoms with Crippen molar-refractivity contribution in [2.24, 2.45) is 0 Å². The molecule has 5 rings (SSSR count). The quantitative estimate of drug-likeness (QED) is 0.454. The first kappa shape index (κ1) is 21.0. The molecular weight excluding hydrogens is 427 g/mol. The number of hydrogen-bond donors (Lipinski definition) is 1. The van der Waals surface area contributed by atoms with E-state index in [0.717, 1.165) is 43.4 Å². The molecule has 0 spiro atoms. The van der Waals surface area contributed by atoms with E-state index in [-0.39, 0.29) is 5.89 Å². The van der Waals surface area contributed by atoms with Crippen LogP contribution in [0.1, 0.15) is 11.4 Å². The molecule has 0 saturated carbocycles. The Morgan fingerprint density at radius 1 is 1.09 bits per heavy atom. The molecule has 0 unspecified atom stereocenters. The van der Waals surface area contributed by atoms with Crippen molar-refractivity contribution in [1.29, 1.82) is 0 Å². The van der Waals surface area contributed by atoms with Gasteiger partial charge in [0, 0.05) is 37.9 Å². The normalized spacial score (nSPS) is 13.9. The van der Waals surface area contributed by atoms with Gasteiger partial charge in [-0.2, -0.15) is 4.98 Å². The molecule has 1 fully saturated rings. The van der Waals surface area contributed by atoms with Gasteiger partial charge in [0.2, 0.25) is 18.5 Å². The SMILES string of the molecule is Cc1nc(-c2nc(-c3ccc(OCF)cc3)no2)nn1Cc1ccnc(N2CCNCC2)c1. The predicted molar refractivity (Wildman–Crippen MR) is 119 cm³/mol. The second-order valence-electron chi connectivity index (χ2n) is 7.60. The van der Waals surface area contributed by atoms with Gasteiger partial charge >= 0.3 is 0 Å². The second-order valence-corrected chi connectivity index (χ2v) is 7.60. The van der Waals surface area contributed by atoms with Gasteiger partial charge in [0.05, 0.1) is 6.54 Å². The molecule has 11 heteroatoms. The van der Waals surface area contributed by atoms with Crippen LogP contribution in [0.2, 0.25) is 0 Å². The van der Waals surface area contributed by atoms with Gasteiger partial charge in [-0.1, -0.05) is 5.16 Å². The second kappa shape index (κ2) is 9.33. The fraction of sp³-hybridized carbons (Fsp3) is 0.318. The molecule has 3 aromatic heterocycles. The van der Waals surface area contributed by atoms with Gasteiger partial charge in [0.1, 0.15) is 17.4 Å². The number of nitrogens with one attached hydrogen (secondary N) is 1. The summed E-state index contributed by atoms with van der Waals surface area (Å²) in [4.78, 5) is 15.7. The number of alkyl halides is 1. The van der Waals surface area contributed by atoms with E-state index >= 15 is 0 Å². The van der Waals surface area contributed by atoms with Crippen molar-refractivity contribution in [1.82, 2.24) is 35.2 Å². The van der Waals surface area contributed by atoms with Crippen LogP contribution in [0.15, 0.2) is 47.1 Å². The van der Waals surface area contributed by atoms with E-state index in [2.05, 4.69) is 41.5 Å². The maximum absolute atomic E-state index is 12.3. The molecule has 10 nitrogen and oxygen atoms in total. The number of benzene rings is 1. The number of nitrogens with zero attached hydrogens (tertiary/aromatic N) is 7. The van der Waals surface area contributed by atoms with E-state index in [1.165, 1.54) is 0 Å². The average molecular weight is 450 g/mol. The lowest BCUT2D eigenvalue weighted by atomic mass is 10.2. The summed E-state index contributed by atoms with van der Waals surface area (Å²) in [5.74, 6) is 3.11. The molecule has 1 saturated heterocycles. The van der Waals surface area contributed by atoms with Gasteiger partial charge < -0.3 is 19.5 Å². The summed E-state index contributed by atoms with van der Waals surface area (Å²) in [6, 6.07) is 10.8. The summed E-state index contributed by atoms with van der Waals surface area (Å²) in [6.45, 7) is 5.35. The zero-order valence-electron chi connectivity index (χ0n) is 18.1. The minimum absolute atomic E-state index is 0.229. The first-order chi connectivity index (χ1) is 16.2. The average Bonchev–Trinajstić information content (AvgIpc) is 3.48. The smallest absolute Gasteiger partial charge is 0.297 e. The van der Waals surface area contributed by atoms with E-state index in [1.807, 2.05) is 19.2 Å². The Kier molecular flexibility index (Phi) is 5.94. The van der Waals surface area contributed by atoms with Crippen molar-refractivity contribution in [3.63, 3.8) is 0 Å². The van der Waals surface area contributed by atoms with Crippen molar-refractivity contribution < 1.29 is 13.7 Å². The lowest BCUT2D eigenvalue weighted by Crippen LogP contribution is -2.43. The number of piperazine rings is 1. The van der Waals surface area contributed by atoms with E-state index in [9.17, 15) is 4.39 Å². The van der Waals surface area contributed by atoms with Crippen LogP contribution < -0.4 is 15.0 Å². The Balaban J connectivity index is 1.32. The molecule has 0 radical (unpaired) electrons. The number of ether oxygens (including phenoxy) is 1. The molecule has 1 aromatic carbocycles. The van der Waals surface area contributed by atoms with Gasteiger partial charge in [-0.15, -0.1) is 5.10 Å². The van der Waals surface area contributed by atoms with Crippen molar-refractivity contribution >= 4 is 5.82 Å². The third-order valence-electron chi connectivity index (χ3n) is 5.39. The fourth-order valence-corrected chi connectivity index (χ4v) is 3.65. The number of aryl methyl sites for hydroxylation is 1. The summed E-state index contributed by atoms with van der Waals surface area (Å²) in [6.07, 6.45) is 1.83. The molecule has 0 bridgehead atoms. The van der Waals surface area contributed by atoms with E-state index < -0.39 is 6.86 Å². The number of rotatable bonds is 7. The largest absolute Gasteiger partial charge is 0.463 e. The zero-order valence-corrected chi connectivity index (χ0v) is 18.1. The molecule has 0 aliphatic carbocycles. The monoisotopic (exact) mass is 450 g/mol. The number of hydrogen-bond acceptors (Lipinski definition) is 9. The molecule has 1 N–H and O–H groups in total. The van der Waals surface area contributed by atoms with Gasteiger partial charge in [0.25, 0.3) is 5.89 Å². The molecule has 33 heavy (non-hydrogen) atoms. The Labute approximate surface area is 189 Å². The minimum Gasteiger partial charge on any atom is -0.463 e. The van der Waals surface area contributed by atoms with Gasteiger partial charge in [0.15, 0.2) is 0 Å². The Hall–Kier alpha value is -3.86. The number of halogens is 1. The highest BCUT2D eigenvalue weighted by Crippen LogP contribution is 2.23. The summed E-state index contributed by atoms with van der Waals surface area (Å²) >= 11 is 0. The maximum Gasteiger partial charge on any atom is 0.297 e. The molecule has 1 aliphatic rings. The van der Waals surface area contributed by atoms with Crippen molar-refractivity contribution in [2.75, 3.05) is 37.9 Å². The summed E-state index contributed by atoms with van der Waals surface area (Å²) in [7, 11) is 0. The van der Waals surface area contributed by atoms with Crippen LogP contribution in [0.5, 0.6) is 5.75 Å². The fourth-order valence-electron chi connectivity index (χ4n) is 3.65. The zero-order chi connectivity index (χ0) is 22.6. The van der Waals surface area contributed by atoms with E-state index in [0.29, 0.717) is 29.5 Å². The number of pyridine rings is 1. The lowest BCUT2D eigenvalue weighted by molar-refractivity contribution is 0.192. The number of aromatic nitrogens is 6. The van der Waals surface area contributed by atoms with Crippen LogP contribution in [-0.2, 0) is 6.54 Å². The van der Waals surface area contributed by atoms with E-state index in [4.69, 9.17) is 9.26 Å². The van der Waals surface area contributed by atoms with Crippen LogP contribution in [-0.4, -0.2) is 62.9 Å². The first-order valence-electron chi connectivity index (χ1n) is 10.6. The van der Waals surface area contributed by atoms with Crippen LogP contribution in [0, 0.1) is 6.92 Å². The summed E-state index contributed by atoms with van der Waals surface area (Å²) in [5.41, 5.74) is 1.80. The standard InChI is InChI=1S/C22H23FN8O2/c1-15-26-21(22-27-20(29-33-22)17-2-4-18(5-3-17)32-14-23)28-31(15)13-16-6-7-25-19(12-16)30-10-8-24-9-11-30/h2-7,12,24H,8-11,13-14H2,1H3. The van der Waals surface area contributed by atoms with Crippen molar-refractivity contribution in [3.8, 4) is 28.9 Å². The first-order valence-corrected chi connectivity index (χ1v) is 10.6. The third-order valence-corrected chi connectivity index (χ3v) is 5.39. The molecule has 1 aliphatic heterocycles. The predicted octanol–water partition coefficient (Wildman–Crippen LogP) is 2.46. The van der Waals surface area contributed by atoms with Crippen LogP contribution in [0.3, 0.4) is 0 Å². The van der Waals surface area contributed by atoms with Gasteiger partial charge in [-0.05, 0) is 48.9 Å². The third kappa shape index (κ3) is 4.67. The molecule has 170 valence electrons. The Morgan fingerprint density at radius 2 is 1.91 bits per heavy atom. The minimum atomic E-state index is -0.879. The topological polar surface area (TPSA) is 107 Å². The van der Waals surface area contributed by atoms with Gasteiger partial charge in [-0.3, -0.25) is 0 Å². The van der Waals surface area contributed by atoms with E-state index in [1.54, 1.807) is 28.9 Å². The molecule has 4 heterocycles. The van der Waals surface area contributed by atoms with Crippen LogP contribution in [0.25, 0.3) is 23.1 Å². The maximum atomic E-state index is 12.3. The Bertz CT molecular complexity index is 1220.